The molecule has 0 bridgehead atoms. The maximum absolute atomic E-state index is 12.9. The molecule has 0 aliphatic carbocycles. The number of quaternary nitrogens is 1. The summed E-state index contributed by atoms with van der Waals surface area (Å²) in [6.07, 6.45) is 0.570. The van der Waals surface area contributed by atoms with Crippen LogP contribution in [0.1, 0.15) is 42.9 Å². The van der Waals surface area contributed by atoms with E-state index >= 15 is 0 Å². The molecule has 0 radical (unpaired) electrons. The molecule has 2 atom stereocenters. The van der Waals surface area contributed by atoms with E-state index in [1.54, 1.807) is 29.5 Å². The van der Waals surface area contributed by atoms with Gasteiger partial charge in [-0.15, -0.1) is 11.3 Å². The zero-order valence-corrected chi connectivity index (χ0v) is 19.5. The number of nitrogens with one attached hydrogen (secondary N) is 3. The van der Waals surface area contributed by atoms with Crippen LogP contribution in [0, 0.1) is 0 Å². The minimum Gasteiger partial charge on any atom is -0.423 e. The van der Waals surface area contributed by atoms with Crippen molar-refractivity contribution in [3.63, 3.8) is 0 Å². The van der Waals surface area contributed by atoms with Gasteiger partial charge in [-0.25, -0.2) is 4.79 Å². The predicted molar refractivity (Wildman–Crippen MR) is 125 cm³/mol. The fourth-order valence-corrected chi connectivity index (χ4v) is 5.92. The molecule has 0 fully saturated rings. The summed E-state index contributed by atoms with van der Waals surface area (Å²) in [5, 5.41) is 8.10. The Morgan fingerprint density at radius 1 is 1.16 bits per heavy atom. The third-order valence-corrected chi connectivity index (χ3v) is 7.42. The van der Waals surface area contributed by atoms with Crippen LogP contribution in [0.4, 0.5) is 5.00 Å². The number of amides is 1. The first-order valence-electron chi connectivity index (χ1n) is 10.2. The van der Waals surface area contributed by atoms with Gasteiger partial charge in [0.05, 0.1) is 34.6 Å². The largest absolute Gasteiger partial charge is 0.423 e. The number of halogens is 2. The van der Waals surface area contributed by atoms with Crippen molar-refractivity contribution in [2.75, 3.05) is 18.9 Å². The van der Waals surface area contributed by atoms with Crippen molar-refractivity contribution in [3.05, 3.63) is 79.6 Å². The van der Waals surface area contributed by atoms with Crippen molar-refractivity contribution >= 4 is 51.4 Å². The van der Waals surface area contributed by atoms with Crippen molar-refractivity contribution in [1.82, 2.24) is 5.32 Å². The van der Waals surface area contributed by atoms with Gasteiger partial charge < -0.3 is 20.3 Å². The van der Waals surface area contributed by atoms with Crippen LogP contribution in [0.15, 0.2) is 42.5 Å². The summed E-state index contributed by atoms with van der Waals surface area (Å²) in [7, 11) is 2.17. The Kier molecular flexibility index (Phi) is 5.59. The van der Waals surface area contributed by atoms with Crippen molar-refractivity contribution in [3.8, 4) is 5.75 Å². The van der Waals surface area contributed by atoms with E-state index in [1.165, 1.54) is 27.5 Å². The molecule has 1 amide bonds. The van der Waals surface area contributed by atoms with E-state index in [4.69, 9.17) is 27.9 Å². The highest BCUT2D eigenvalue weighted by Crippen LogP contribution is 2.39. The predicted octanol–water partition coefficient (Wildman–Crippen LogP) is 3.70. The third kappa shape index (κ3) is 3.97. The Balaban J connectivity index is 1.32. The molecule has 2 aromatic carbocycles. The van der Waals surface area contributed by atoms with E-state index in [-0.39, 0.29) is 22.7 Å². The second-order valence-corrected chi connectivity index (χ2v) is 9.92. The molecule has 3 heterocycles. The van der Waals surface area contributed by atoms with Gasteiger partial charge in [0.15, 0.2) is 0 Å². The maximum Gasteiger partial charge on any atom is 0.345 e. The van der Waals surface area contributed by atoms with E-state index < -0.39 is 5.97 Å². The summed E-state index contributed by atoms with van der Waals surface area (Å²) in [4.78, 5) is 28.0. The molecule has 1 unspecified atom stereocenters. The van der Waals surface area contributed by atoms with Gasteiger partial charge in [-0.05, 0) is 41.5 Å². The van der Waals surface area contributed by atoms with E-state index in [9.17, 15) is 9.59 Å². The van der Waals surface area contributed by atoms with Gasteiger partial charge in [0.2, 0.25) is 0 Å². The van der Waals surface area contributed by atoms with Crippen LogP contribution in [0.3, 0.4) is 0 Å². The molecule has 6 nitrogen and oxygen atoms in total. The number of fused-ring (bicyclic) bond motifs is 3. The number of hydrogen-bond donors (Lipinski definition) is 3. The lowest BCUT2D eigenvalue weighted by Gasteiger charge is -2.27. The molecule has 5 rings (SSSR count). The first-order chi connectivity index (χ1) is 15.4. The Labute approximate surface area is 199 Å². The van der Waals surface area contributed by atoms with Gasteiger partial charge in [0.1, 0.15) is 23.5 Å². The summed E-state index contributed by atoms with van der Waals surface area (Å²) in [5.41, 5.74) is 3.08. The molecule has 2 aliphatic rings. The van der Waals surface area contributed by atoms with Crippen LogP contribution in [0.5, 0.6) is 5.75 Å². The van der Waals surface area contributed by atoms with Crippen molar-refractivity contribution < 1.29 is 19.2 Å². The molecule has 1 aromatic heterocycles. The quantitative estimate of drug-likeness (QED) is 0.388. The van der Waals surface area contributed by atoms with Crippen LogP contribution >= 0.6 is 34.5 Å². The molecule has 0 saturated heterocycles. The monoisotopic (exact) mass is 488 g/mol. The fourth-order valence-electron chi connectivity index (χ4n) is 4.04. The highest BCUT2D eigenvalue weighted by Gasteiger charge is 2.33. The zero-order valence-electron chi connectivity index (χ0n) is 17.1. The topological polar surface area (TPSA) is 71.9 Å². The van der Waals surface area contributed by atoms with Crippen molar-refractivity contribution in [1.29, 1.82) is 0 Å². The number of ether oxygens (including phenoxy) is 1. The lowest BCUT2D eigenvalue weighted by molar-refractivity contribution is -0.895. The zero-order chi connectivity index (χ0) is 22.4. The SMILES string of the molecule is C[NH+]1CCc2c(sc3c2C(=O)N[C@H](c2ccc(OC(=O)c4ccc(Cl)cc4Cl)cc2)N3)C1. The highest BCUT2D eigenvalue weighted by atomic mass is 35.5. The van der Waals surface area contributed by atoms with Crippen molar-refractivity contribution in [2.45, 2.75) is 19.1 Å². The molecule has 0 spiro atoms. The van der Waals surface area contributed by atoms with E-state index in [2.05, 4.69) is 17.7 Å². The van der Waals surface area contributed by atoms with Gasteiger partial charge in [-0.3, -0.25) is 4.79 Å². The van der Waals surface area contributed by atoms with E-state index in [1.807, 2.05) is 12.1 Å². The summed E-state index contributed by atoms with van der Waals surface area (Å²) in [6.45, 7) is 1.98. The van der Waals surface area contributed by atoms with Gasteiger partial charge in [0.25, 0.3) is 5.91 Å². The van der Waals surface area contributed by atoms with Crippen LogP contribution < -0.4 is 20.3 Å². The normalized spacial score (nSPS) is 19.4. The Bertz CT molecular complexity index is 1230. The number of anilines is 1. The number of esters is 1. The number of rotatable bonds is 3. The van der Waals surface area contributed by atoms with Crippen LogP contribution in [-0.4, -0.2) is 25.5 Å². The second-order valence-electron chi connectivity index (χ2n) is 7.98. The van der Waals surface area contributed by atoms with Crippen LogP contribution in [-0.2, 0) is 13.0 Å². The van der Waals surface area contributed by atoms with Crippen LogP contribution in [0.25, 0.3) is 0 Å². The number of carbonyl (C=O) groups is 2. The van der Waals surface area contributed by atoms with Gasteiger partial charge in [-0.2, -0.15) is 0 Å². The lowest BCUT2D eigenvalue weighted by Crippen LogP contribution is -3.08. The summed E-state index contributed by atoms with van der Waals surface area (Å²) < 4.78 is 5.43. The molecular weight excluding hydrogens is 469 g/mol. The molecule has 32 heavy (non-hydrogen) atoms. The Morgan fingerprint density at radius 3 is 2.69 bits per heavy atom. The number of hydrogen-bond acceptors (Lipinski definition) is 5. The van der Waals surface area contributed by atoms with Crippen molar-refractivity contribution in [2.24, 2.45) is 0 Å². The minimum absolute atomic E-state index is 0.0475. The minimum atomic E-state index is -0.565. The Morgan fingerprint density at radius 2 is 1.94 bits per heavy atom. The molecule has 164 valence electrons. The summed E-state index contributed by atoms with van der Waals surface area (Å²) in [6, 6.07) is 11.6. The van der Waals surface area contributed by atoms with Gasteiger partial charge in [-0.1, -0.05) is 35.3 Å². The number of carbonyl (C=O) groups excluding carboxylic acids is 2. The lowest BCUT2D eigenvalue weighted by atomic mass is 10.0. The van der Waals surface area contributed by atoms with Gasteiger partial charge >= 0.3 is 5.97 Å². The number of likely N-dealkylation sites (N-methyl/N-ethyl adjacent to an activating group) is 1. The van der Waals surface area contributed by atoms with Crippen LogP contribution in [0.2, 0.25) is 10.0 Å². The first-order valence-corrected chi connectivity index (χ1v) is 11.8. The standard InChI is InChI=1S/C23H19Cl2N3O3S/c1-28-9-8-16-18(11-28)32-22-19(16)21(29)26-20(27-22)12-2-5-14(6-3-12)31-23(30)15-7-4-13(24)10-17(15)25/h2-7,10,20,27H,8-9,11H2,1H3,(H,26,29)/p+1/t20-/m0/s1. The molecule has 2 aliphatic heterocycles. The molecular formula is C23H20Cl2N3O3S+. The molecule has 0 saturated carbocycles. The first kappa shape index (κ1) is 21.3. The van der Waals surface area contributed by atoms with Gasteiger partial charge in [0, 0.05) is 11.4 Å². The number of thiophene rings is 1. The second kappa shape index (κ2) is 8.41. The molecule has 9 heteroatoms. The Hall–Kier alpha value is -2.58. The maximum atomic E-state index is 12.9. The van der Waals surface area contributed by atoms with E-state index in [0.717, 1.165) is 35.6 Å². The fraction of sp³-hybridized carbons (Fsp3) is 0.217. The average molecular weight is 489 g/mol. The third-order valence-electron chi connectivity index (χ3n) is 5.71. The average Bonchev–Trinajstić information content (AvgIpc) is 3.12. The van der Waals surface area contributed by atoms with E-state index in [0.29, 0.717) is 10.8 Å². The molecule has 3 N–H and O–H groups in total. The highest BCUT2D eigenvalue weighted by molar-refractivity contribution is 7.16. The molecule has 3 aromatic rings. The smallest absolute Gasteiger partial charge is 0.345 e. The summed E-state index contributed by atoms with van der Waals surface area (Å²) in [5.74, 6) is -0.233. The number of benzene rings is 2. The summed E-state index contributed by atoms with van der Waals surface area (Å²) >= 11 is 13.6.